The maximum atomic E-state index is 12.6. The highest BCUT2D eigenvalue weighted by Gasteiger charge is 2.17. The van der Waals surface area contributed by atoms with Gasteiger partial charge < -0.3 is 10.2 Å². The van der Waals surface area contributed by atoms with Crippen molar-refractivity contribution in [2.45, 2.75) is 20.3 Å². The number of carbonyl (C=O) groups is 1. The van der Waals surface area contributed by atoms with Gasteiger partial charge >= 0.3 is 0 Å². The van der Waals surface area contributed by atoms with Crippen LogP contribution < -0.4 is 10.2 Å². The number of aryl methyl sites for hydroxylation is 1. The van der Waals surface area contributed by atoms with E-state index < -0.39 is 0 Å². The van der Waals surface area contributed by atoms with Crippen molar-refractivity contribution in [3.05, 3.63) is 53.9 Å². The number of hydrogen-bond acceptors (Lipinski definition) is 3. The third-order valence-corrected chi connectivity index (χ3v) is 3.46. The molecule has 0 radical (unpaired) electrons. The van der Waals surface area contributed by atoms with Crippen molar-refractivity contribution < 1.29 is 4.79 Å². The molecule has 0 aliphatic carbocycles. The lowest BCUT2D eigenvalue weighted by atomic mass is 10.1. The van der Waals surface area contributed by atoms with Crippen LogP contribution in [0.15, 0.2) is 42.7 Å². The summed E-state index contributed by atoms with van der Waals surface area (Å²) < 4.78 is 0. The van der Waals surface area contributed by atoms with Gasteiger partial charge in [-0.1, -0.05) is 19.1 Å². The van der Waals surface area contributed by atoms with Crippen molar-refractivity contribution in [1.82, 2.24) is 4.98 Å². The molecule has 110 valence electrons. The number of nitrogens with one attached hydrogen (secondary N) is 1. The van der Waals surface area contributed by atoms with Gasteiger partial charge in [-0.25, -0.2) is 0 Å². The van der Waals surface area contributed by atoms with Gasteiger partial charge in [0.15, 0.2) is 0 Å². The molecule has 0 unspecified atom stereocenters. The van der Waals surface area contributed by atoms with Gasteiger partial charge in [-0.2, -0.15) is 0 Å². The minimum absolute atomic E-state index is 0.0664. The van der Waals surface area contributed by atoms with Gasteiger partial charge in [-0.3, -0.25) is 9.78 Å². The largest absolute Gasteiger partial charge is 0.385 e. The van der Waals surface area contributed by atoms with Crippen LogP contribution >= 0.6 is 0 Å². The molecule has 4 heteroatoms. The second kappa shape index (κ2) is 6.88. The van der Waals surface area contributed by atoms with E-state index in [1.165, 1.54) is 5.56 Å². The SMILES string of the molecule is CCNc1ccncc1C(=O)N(C)c1ccc(CC)cc1. The normalized spacial score (nSPS) is 10.2. The molecular weight excluding hydrogens is 262 g/mol. The van der Waals surface area contributed by atoms with E-state index in [1.54, 1.807) is 24.3 Å². The molecule has 0 bridgehead atoms. The van der Waals surface area contributed by atoms with Gasteiger partial charge in [-0.05, 0) is 37.1 Å². The number of nitrogens with zero attached hydrogens (tertiary/aromatic N) is 2. The van der Waals surface area contributed by atoms with Crippen molar-refractivity contribution in [2.75, 3.05) is 23.8 Å². The monoisotopic (exact) mass is 283 g/mol. The van der Waals surface area contributed by atoms with E-state index in [0.717, 1.165) is 24.3 Å². The topological polar surface area (TPSA) is 45.2 Å². The second-order valence-electron chi connectivity index (χ2n) is 4.84. The van der Waals surface area contributed by atoms with E-state index in [4.69, 9.17) is 0 Å². The summed E-state index contributed by atoms with van der Waals surface area (Å²) in [7, 11) is 1.78. The van der Waals surface area contributed by atoms with Crippen molar-refractivity contribution in [3.63, 3.8) is 0 Å². The van der Waals surface area contributed by atoms with Gasteiger partial charge in [-0.15, -0.1) is 0 Å². The summed E-state index contributed by atoms with van der Waals surface area (Å²) >= 11 is 0. The molecule has 2 rings (SSSR count). The summed E-state index contributed by atoms with van der Waals surface area (Å²) in [5.74, 6) is -0.0664. The number of amides is 1. The average Bonchev–Trinajstić information content (AvgIpc) is 2.54. The number of anilines is 2. The zero-order valence-corrected chi connectivity index (χ0v) is 12.8. The first kappa shape index (κ1) is 15.0. The second-order valence-corrected chi connectivity index (χ2v) is 4.84. The smallest absolute Gasteiger partial charge is 0.261 e. The fraction of sp³-hybridized carbons (Fsp3) is 0.294. The minimum atomic E-state index is -0.0664. The third kappa shape index (κ3) is 3.40. The molecular formula is C17H21N3O. The zero-order valence-electron chi connectivity index (χ0n) is 12.8. The van der Waals surface area contributed by atoms with Crippen LogP contribution in [0, 0.1) is 0 Å². The Morgan fingerprint density at radius 1 is 1.19 bits per heavy atom. The van der Waals surface area contributed by atoms with Crippen LogP contribution in [0.1, 0.15) is 29.8 Å². The molecule has 1 aromatic heterocycles. The number of aromatic nitrogens is 1. The summed E-state index contributed by atoms with van der Waals surface area (Å²) in [6.45, 7) is 4.88. The maximum Gasteiger partial charge on any atom is 0.261 e. The van der Waals surface area contributed by atoms with Gasteiger partial charge in [0, 0.05) is 31.7 Å². The number of pyridine rings is 1. The van der Waals surface area contributed by atoms with E-state index in [-0.39, 0.29) is 5.91 Å². The maximum absolute atomic E-state index is 12.6. The van der Waals surface area contributed by atoms with Gasteiger partial charge in [0.05, 0.1) is 11.3 Å². The van der Waals surface area contributed by atoms with Crippen LogP contribution in [0.4, 0.5) is 11.4 Å². The summed E-state index contributed by atoms with van der Waals surface area (Å²) in [4.78, 5) is 18.4. The van der Waals surface area contributed by atoms with Crippen LogP contribution in [-0.2, 0) is 6.42 Å². The highest BCUT2D eigenvalue weighted by Crippen LogP contribution is 2.20. The highest BCUT2D eigenvalue weighted by molar-refractivity contribution is 6.09. The third-order valence-electron chi connectivity index (χ3n) is 3.46. The van der Waals surface area contributed by atoms with E-state index >= 15 is 0 Å². The number of hydrogen-bond donors (Lipinski definition) is 1. The summed E-state index contributed by atoms with van der Waals surface area (Å²) in [5, 5.41) is 3.19. The lowest BCUT2D eigenvalue weighted by Crippen LogP contribution is -2.27. The molecule has 0 saturated carbocycles. The first-order valence-corrected chi connectivity index (χ1v) is 7.22. The fourth-order valence-corrected chi connectivity index (χ4v) is 2.16. The van der Waals surface area contributed by atoms with E-state index in [9.17, 15) is 4.79 Å². The molecule has 4 nitrogen and oxygen atoms in total. The van der Waals surface area contributed by atoms with Crippen molar-refractivity contribution in [3.8, 4) is 0 Å². The Morgan fingerprint density at radius 2 is 1.90 bits per heavy atom. The molecule has 2 aromatic rings. The Balaban J connectivity index is 2.26. The molecule has 21 heavy (non-hydrogen) atoms. The van der Waals surface area contributed by atoms with E-state index in [1.807, 2.05) is 37.3 Å². The molecule has 1 aromatic carbocycles. The molecule has 0 fully saturated rings. The van der Waals surface area contributed by atoms with Crippen LogP contribution in [0.2, 0.25) is 0 Å². The summed E-state index contributed by atoms with van der Waals surface area (Å²) in [6, 6.07) is 9.87. The zero-order chi connectivity index (χ0) is 15.2. The van der Waals surface area contributed by atoms with Crippen LogP contribution in [-0.4, -0.2) is 24.5 Å². The highest BCUT2D eigenvalue weighted by atomic mass is 16.2. The molecule has 1 amide bonds. The lowest BCUT2D eigenvalue weighted by molar-refractivity contribution is 0.0993. The number of carbonyl (C=O) groups excluding carboxylic acids is 1. The van der Waals surface area contributed by atoms with E-state index in [0.29, 0.717) is 5.56 Å². The lowest BCUT2D eigenvalue weighted by Gasteiger charge is -2.19. The van der Waals surface area contributed by atoms with E-state index in [2.05, 4.69) is 17.2 Å². The molecule has 0 spiro atoms. The predicted octanol–water partition coefficient (Wildman–Crippen LogP) is 3.35. The van der Waals surface area contributed by atoms with Crippen LogP contribution in [0.5, 0.6) is 0 Å². The Bertz CT molecular complexity index is 608. The van der Waals surface area contributed by atoms with Crippen LogP contribution in [0.25, 0.3) is 0 Å². The van der Waals surface area contributed by atoms with Crippen molar-refractivity contribution >= 4 is 17.3 Å². The molecule has 1 N–H and O–H groups in total. The van der Waals surface area contributed by atoms with Crippen molar-refractivity contribution in [2.24, 2.45) is 0 Å². The molecule has 0 aliphatic rings. The van der Waals surface area contributed by atoms with Crippen molar-refractivity contribution in [1.29, 1.82) is 0 Å². The molecule has 1 heterocycles. The average molecular weight is 283 g/mol. The first-order chi connectivity index (χ1) is 10.2. The molecule has 0 saturated heterocycles. The van der Waals surface area contributed by atoms with Crippen LogP contribution in [0.3, 0.4) is 0 Å². The predicted molar refractivity (Wildman–Crippen MR) is 87.0 cm³/mol. The first-order valence-electron chi connectivity index (χ1n) is 7.22. The van der Waals surface area contributed by atoms with Gasteiger partial charge in [0.25, 0.3) is 5.91 Å². The molecule has 0 aliphatic heterocycles. The number of rotatable bonds is 5. The number of benzene rings is 1. The standard InChI is InChI=1S/C17H21N3O/c1-4-13-6-8-14(9-7-13)20(3)17(21)15-12-18-11-10-16(15)19-5-2/h6-12H,4-5H2,1-3H3,(H,18,19). The quantitative estimate of drug-likeness (QED) is 0.915. The van der Waals surface area contributed by atoms with Gasteiger partial charge in [0.2, 0.25) is 0 Å². The summed E-state index contributed by atoms with van der Waals surface area (Å²) in [5.41, 5.74) is 3.54. The Labute approximate surface area is 125 Å². The fourth-order valence-electron chi connectivity index (χ4n) is 2.16. The minimum Gasteiger partial charge on any atom is -0.385 e. The molecule has 0 atom stereocenters. The Hall–Kier alpha value is -2.36. The Kier molecular flexibility index (Phi) is 4.93. The Morgan fingerprint density at radius 3 is 2.52 bits per heavy atom. The summed E-state index contributed by atoms with van der Waals surface area (Å²) in [6.07, 6.45) is 4.28. The van der Waals surface area contributed by atoms with Gasteiger partial charge in [0.1, 0.15) is 0 Å².